The Bertz CT molecular complexity index is 931. The first-order chi connectivity index (χ1) is 15.7. The van der Waals surface area contributed by atoms with E-state index in [4.69, 9.17) is 18.9 Å². The van der Waals surface area contributed by atoms with E-state index in [1.807, 2.05) is 0 Å². The van der Waals surface area contributed by atoms with E-state index in [1.165, 1.54) is 13.8 Å². The van der Waals surface area contributed by atoms with Crippen molar-refractivity contribution in [3.8, 4) is 0 Å². The molecule has 0 radical (unpaired) electrons. The molecule has 0 bridgehead atoms. The average molecular weight is 483 g/mol. The molecule has 0 aromatic heterocycles. The number of epoxide rings is 1. The number of fused-ring (bicyclic) bond motifs is 1. The van der Waals surface area contributed by atoms with Gasteiger partial charge in [0.25, 0.3) is 0 Å². The molecule has 4 rings (SSSR count). The number of carbonyl (C=O) groups is 3. The third-order valence-corrected chi connectivity index (χ3v) is 8.52. The van der Waals surface area contributed by atoms with E-state index in [0.717, 1.165) is 0 Å². The van der Waals surface area contributed by atoms with Crippen molar-refractivity contribution in [3.05, 3.63) is 11.6 Å². The Kier molecular flexibility index (Phi) is 5.91. The molecule has 2 aliphatic heterocycles. The topological polar surface area (TPSA) is 152 Å². The lowest BCUT2D eigenvalue weighted by molar-refractivity contribution is -0.235. The van der Waals surface area contributed by atoms with Crippen LogP contribution < -0.4 is 0 Å². The Morgan fingerprint density at radius 3 is 2.26 bits per heavy atom. The molecule has 1 saturated carbocycles. The lowest BCUT2D eigenvalue weighted by atomic mass is 9.53. The van der Waals surface area contributed by atoms with Crippen LogP contribution in [-0.2, 0) is 33.3 Å². The molecule has 4 aliphatic rings. The lowest BCUT2D eigenvalue weighted by Crippen LogP contribution is -2.66. The number of esters is 3. The van der Waals surface area contributed by atoms with Crippen molar-refractivity contribution in [1.29, 1.82) is 0 Å². The van der Waals surface area contributed by atoms with Crippen molar-refractivity contribution in [1.82, 2.24) is 0 Å². The predicted molar refractivity (Wildman–Crippen MR) is 115 cm³/mol. The Balaban J connectivity index is 1.93. The molecule has 190 valence electrons. The largest absolute Gasteiger partial charge is 0.462 e. The molecular weight excluding hydrogens is 448 g/mol. The van der Waals surface area contributed by atoms with E-state index in [9.17, 15) is 29.7 Å². The summed E-state index contributed by atoms with van der Waals surface area (Å²) < 4.78 is 22.6. The van der Waals surface area contributed by atoms with Gasteiger partial charge in [-0.05, 0) is 25.8 Å². The van der Waals surface area contributed by atoms with E-state index in [1.54, 1.807) is 33.8 Å². The molecule has 2 heterocycles. The maximum atomic E-state index is 12.7. The number of aliphatic hydroxyl groups excluding tert-OH is 3. The highest BCUT2D eigenvalue weighted by molar-refractivity contribution is 5.88. The van der Waals surface area contributed by atoms with Crippen molar-refractivity contribution >= 4 is 17.9 Å². The summed E-state index contributed by atoms with van der Waals surface area (Å²) in [5.74, 6) is -3.35. The van der Waals surface area contributed by atoms with Crippen LogP contribution in [0, 0.1) is 17.3 Å². The van der Waals surface area contributed by atoms with Crippen LogP contribution in [0.4, 0.5) is 0 Å². The van der Waals surface area contributed by atoms with Crippen LogP contribution in [0.25, 0.3) is 0 Å². The van der Waals surface area contributed by atoms with Crippen molar-refractivity contribution < 1.29 is 48.7 Å². The van der Waals surface area contributed by atoms with Gasteiger partial charge >= 0.3 is 17.9 Å². The molecule has 10 nitrogen and oxygen atoms in total. The van der Waals surface area contributed by atoms with Gasteiger partial charge in [0, 0.05) is 38.0 Å². The summed E-state index contributed by atoms with van der Waals surface area (Å²) in [7, 11) is 0. The van der Waals surface area contributed by atoms with Crippen LogP contribution >= 0.6 is 0 Å². The SMILES string of the molecule is CC(=O)O[C@H]1CC(C)=C[C@@H]2OC(=O)[C@]3(C)O[C@]23[C@H](O)[C@H]2[C@@H](C)[C@@H](O)C[C@H](OC(C)=O)[C@]2(C)[C@@H]1O. The summed E-state index contributed by atoms with van der Waals surface area (Å²) in [4.78, 5) is 36.6. The fourth-order valence-corrected chi connectivity index (χ4v) is 6.67. The maximum absolute atomic E-state index is 12.7. The second-order valence-electron chi connectivity index (χ2n) is 10.7. The summed E-state index contributed by atoms with van der Waals surface area (Å²) in [5, 5.41) is 34.5. The molecule has 3 fully saturated rings. The normalized spacial score (nSPS) is 50.0. The molecule has 3 N–H and O–H groups in total. The zero-order valence-electron chi connectivity index (χ0n) is 20.3. The first-order valence-corrected chi connectivity index (χ1v) is 11.7. The zero-order chi connectivity index (χ0) is 25.4. The summed E-state index contributed by atoms with van der Waals surface area (Å²) >= 11 is 0. The van der Waals surface area contributed by atoms with Gasteiger partial charge in [0.1, 0.15) is 18.3 Å². The highest BCUT2D eigenvalue weighted by atomic mass is 16.7. The smallest absolute Gasteiger partial charge is 0.342 e. The van der Waals surface area contributed by atoms with Gasteiger partial charge in [-0.1, -0.05) is 19.4 Å². The summed E-state index contributed by atoms with van der Waals surface area (Å²) in [5.41, 5.74) is -3.55. The molecular formula is C24H34O10. The number of aliphatic hydroxyl groups is 3. The molecule has 0 unspecified atom stereocenters. The molecule has 34 heavy (non-hydrogen) atoms. The summed E-state index contributed by atoms with van der Waals surface area (Å²) in [6.45, 7) is 9.13. The Labute approximate surface area is 198 Å². The fourth-order valence-electron chi connectivity index (χ4n) is 6.67. The van der Waals surface area contributed by atoms with Crippen molar-refractivity contribution in [2.24, 2.45) is 17.3 Å². The number of hydrogen-bond donors (Lipinski definition) is 3. The second kappa shape index (κ2) is 8.01. The van der Waals surface area contributed by atoms with Crippen LogP contribution in [-0.4, -0.2) is 81.1 Å². The molecule has 2 saturated heterocycles. The Morgan fingerprint density at radius 1 is 1.09 bits per heavy atom. The molecule has 1 spiro atoms. The quantitative estimate of drug-likeness (QED) is 0.218. The zero-order valence-corrected chi connectivity index (χ0v) is 20.3. The van der Waals surface area contributed by atoms with E-state index < -0.39 is 83.0 Å². The average Bonchev–Trinajstić information content (AvgIpc) is 3.31. The highest BCUT2D eigenvalue weighted by Crippen LogP contribution is 2.64. The minimum Gasteiger partial charge on any atom is -0.462 e. The first kappa shape index (κ1) is 25.1. The van der Waals surface area contributed by atoms with Gasteiger partial charge in [-0.15, -0.1) is 0 Å². The first-order valence-electron chi connectivity index (χ1n) is 11.7. The molecule has 10 heteroatoms. The van der Waals surface area contributed by atoms with Crippen molar-refractivity contribution in [2.75, 3.05) is 0 Å². The van der Waals surface area contributed by atoms with E-state index in [0.29, 0.717) is 5.57 Å². The number of hydrogen-bond acceptors (Lipinski definition) is 10. The van der Waals surface area contributed by atoms with E-state index >= 15 is 0 Å². The van der Waals surface area contributed by atoms with Gasteiger partial charge < -0.3 is 34.3 Å². The van der Waals surface area contributed by atoms with Crippen LogP contribution in [0.1, 0.15) is 54.4 Å². The second-order valence-corrected chi connectivity index (χ2v) is 10.7. The Morgan fingerprint density at radius 2 is 1.71 bits per heavy atom. The van der Waals surface area contributed by atoms with Gasteiger partial charge in [0.2, 0.25) is 0 Å². The lowest BCUT2D eigenvalue weighted by Gasteiger charge is -2.56. The third-order valence-electron chi connectivity index (χ3n) is 8.52. The third kappa shape index (κ3) is 3.33. The molecule has 0 aromatic carbocycles. The van der Waals surface area contributed by atoms with Crippen LogP contribution in [0.15, 0.2) is 11.6 Å². The van der Waals surface area contributed by atoms with Gasteiger partial charge in [-0.2, -0.15) is 0 Å². The standard InChI is InChI=1S/C24H34O10/c1-10-7-15(31-12(3)25)19(28)22(5)16(32-13(4)26)9-14(27)11(2)18(22)20(29)24-17(8-10)33-21(30)23(24,6)34-24/h8,11,14-20,27-29H,7,9H2,1-6H3/t11-,14-,15-,16-,17-,18+,19+,20+,22-,23-,24-/m0/s1. The molecule has 2 aliphatic carbocycles. The fraction of sp³-hybridized carbons (Fsp3) is 0.792. The highest BCUT2D eigenvalue weighted by Gasteiger charge is 2.86. The van der Waals surface area contributed by atoms with Crippen LogP contribution in [0.5, 0.6) is 0 Å². The number of ether oxygens (including phenoxy) is 4. The van der Waals surface area contributed by atoms with Gasteiger partial charge in [0.15, 0.2) is 17.3 Å². The van der Waals surface area contributed by atoms with E-state index in [-0.39, 0.29) is 12.8 Å². The van der Waals surface area contributed by atoms with Gasteiger partial charge in [-0.3, -0.25) is 9.59 Å². The summed E-state index contributed by atoms with van der Waals surface area (Å²) in [6, 6.07) is 0. The van der Waals surface area contributed by atoms with Crippen molar-refractivity contribution in [2.45, 2.75) is 102 Å². The Hall–Kier alpha value is -2.01. The van der Waals surface area contributed by atoms with Crippen LogP contribution in [0.2, 0.25) is 0 Å². The minimum absolute atomic E-state index is 0.0170. The number of rotatable bonds is 2. The predicted octanol–water partition coefficient (Wildman–Crippen LogP) is 0.398. The van der Waals surface area contributed by atoms with Crippen molar-refractivity contribution in [3.63, 3.8) is 0 Å². The number of carbonyl (C=O) groups excluding carboxylic acids is 3. The molecule has 0 amide bonds. The van der Waals surface area contributed by atoms with Gasteiger partial charge in [0.05, 0.1) is 12.2 Å². The minimum atomic E-state index is -1.43. The van der Waals surface area contributed by atoms with E-state index in [2.05, 4.69) is 0 Å². The molecule has 11 atom stereocenters. The molecule has 0 aromatic rings. The monoisotopic (exact) mass is 482 g/mol. The van der Waals surface area contributed by atoms with Crippen LogP contribution in [0.3, 0.4) is 0 Å². The summed E-state index contributed by atoms with van der Waals surface area (Å²) in [6.07, 6.45) is -4.93. The maximum Gasteiger partial charge on any atom is 0.342 e. The van der Waals surface area contributed by atoms with Gasteiger partial charge in [-0.25, -0.2) is 4.79 Å².